The molecule has 13 heteroatoms. The molecule has 46 heavy (non-hydrogen) atoms. The number of Topliss-reactive ketones (excluding diaryl/α,β-unsaturated/α-hetero) is 1. The van der Waals surface area contributed by atoms with Crippen molar-refractivity contribution in [2.45, 2.75) is 95.8 Å². The number of alkyl carbamates (subject to hydrolysis) is 1. The molecule has 1 aromatic carbocycles. The Morgan fingerprint density at radius 1 is 1.07 bits per heavy atom. The standard InChI is InChI=1S/C33H42F2N6O5/c1-32(2,3)46-31(43)39-33(13-6-14-33)25(42)19-21-9-11-22(12-10-21)45-27-20-26(37-30(38-27)40-15-17-44-18-16-40)41-24-8-5-4-7-23(24)36-29(41)28(34)35/h4-5,7-8,20-22,28H,6,9-19H2,1-3H3,(H,39,43). The predicted molar refractivity (Wildman–Crippen MR) is 167 cm³/mol. The summed E-state index contributed by atoms with van der Waals surface area (Å²) in [6.45, 7) is 7.56. The fraction of sp³-hybridized carbons (Fsp3) is 0.606. The van der Waals surface area contributed by atoms with E-state index in [4.69, 9.17) is 24.2 Å². The normalized spacial score (nSPS) is 21.6. The summed E-state index contributed by atoms with van der Waals surface area (Å²) in [6, 6.07) is 8.58. The van der Waals surface area contributed by atoms with Crippen LogP contribution in [-0.2, 0) is 14.3 Å². The van der Waals surface area contributed by atoms with Gasteiger partial charge >= 0.3 is 6.09 Å². The van der Waals surface area contributed by atoms with Crippen LogP contribution in [-0.4, -0.2) is 74.9 Å². The maximum atomic E-state index is 14.2. The molecule has 0 unspecified atom stereocenters. The Kier molecular flexibility index (Phi) is 9.13. The Hall–Kier alpha value is -3.87. The number of hydrogen-bond acceptors (Lipinski definition) is 9. The van der Waals surface area contributed by atoms with Gasteiger partial charge in [-0.2, -0.15) is 9.97 Å². The first-order valence-electron chi connectivity index (χ1n) is 16.2. The molecule has 0 atom stereocenters. The summed E-state index contributed by atoms with van der Waals surface area (Å²) in [7, 11) is 0. The summed E-state index contributed by atoms with van der Waals surface area (Å²) in [5.41, 5.74) is -0.505. The Morgan fingerprint density at radius 2 is 1.78 bits per heavy atom. The van der Waals surface area contributed by atoms with E-state index < -0.39 is 29.5 Å². The van der Waals surface area contributed by atoms with Crippen molar-refractivity contribution in [3.8, 4) is 11.7 Å². The molecule has 2 saturated carbocycles. The highest BCUT2D eigenvalue weighted by Crippen LogP contribution is 2.38. The third kappa shape index (κ3) is 7.08. The number of fused-ring (bicyclic) bond motifs is 1. The first-order chi connectivity index (χ1) is 22.0. The number of carbonyl (C=O) groups is 2. The molecule has 11 nitrogen and oxygen atoms in total. The number of halogens is 2. The summed E-state index contributed by atoms with van der Waals surface area (Å²) in [6.07, 6.45) is 2.03. The first-order valence-corrected chi connectivity index (χ1v) is 16.2. The molecule has 0 bridgehead atoms. The lowest BCUT2D eigenvalue weighted by Gasteiger charge is -2.42. The van der Waals surface area contributed by atoms with Crippen molar-refractivity contribution in [2.75, 3.05) is 31.2 Å². The lowest BCUT2D eigenvalue weighted by molar-refractivity contribution is -0.130. The van der Waals surface area contributed by atoms with Crippen molar-refractivity contribution in [3.05, 3.63) is 36.2 Å². The van der Waals surface area contributed by atoms with Crippen LogP contribution in [0.1, 0.15) is 84.4 Å². The number of hydrogen-bond donors (Lipinski definition) is 1. The van der Waals surface area contributed by atoms with Gasteiger partial charge < -0.3 is 24.4 Å². The molecule has 2 aliphatic carbocycles. The van der Waals surface area contributed by atoms with Crippen molar-refractivity contribution in [2.24, 2.45) is 5.92 Å². The maximum absolute atomic E-state index is 14.2. The molecule has 0 spiro atoms. The first kappa shape index (κ1) is 32.1. The van der Waals surface area contributed by atoms with Crippen LogP contribution in [0.25, 0.3) is 16.9 Å². The van der Waals surface area contributed by atoms with Crippen molar-refractivity contribution < 1.29 is 32.6 Å². The second-order valence-electron chi connectivity index (χ2n) is 13.5. The van der Waals surface area contributed by atoms with Gasteiger partial charge in [-0.25, -0.2) is 18.6 Å². The van der Waals surface area contributed by atoms with Crippen LogP contribution in [0.2, 0.25) is 0 Å². The van der Waals surface area contributed by atoms with E-state index >= 15 is 0 Å². The van der Waals surface area contributed by atoms with Gasteiger partial charge in [0, 0.05) is 25.6 Å². The zero-order valence-electron chi connectivity index (χ0n) is 26.6. The number of ketones is 1. The SMILES string of the molecule is CC(C)(C)OC(=O)NC1(C(=O)CC2CCC(Oc3cc(-n4c(C(F)F)nc5ccccc54)nc(N4CCOCC4)n3)CC2)CCC1. The van der Waals surface area contributed by atoms with Gasteiger partial charge in [0.2, 0.25) is 11.8 Å². The number of morpholine rings is 1. The molecule has 2 aromatic heterocycles. The zero-order chi connectivity index (χ0) is 32.5. The van der Waals surface area contributed by atoms with Gasteiger partial charge in [-0.15, -0.1) is 0 Å². The molecule has 1 saturated heterocycles. The summed E-state index contributed by atoms with van der Waals surface area (Å²) in [5, 5.41) is 2.87. The van der Waals surface area contributed by atoms with E-state index in [1.54, 1.807) is 51.1 Å². The van der Waals surface area contributed by atoms with E-state index in [1.165, 1.54) is 4.57 Å². The van der Waals surface area contributed by atoms with E-state index in [1.807, 2.05) is 4.90 Å². The van der Waals surface area contributed by atoms with Crippen LogP contribution in [0.4, 0.5) is 19.5 Å². The van der Waals surface area contributed by atoms with Crippen LogP contribution < -0.4 is 15.0 Å². The number of ether oxygens (including phenoxy) is 3. The van der Waals surface area contributed by atoms with Crippen LogP contribution in [0.15, 0.2) is 30.3 Å². The highest BCUT2D eigenvalue weighted by molar-refractivity contribution is 5.92. The number of alkyl halides is 2. The van der Waals surface area contributed by atoms with E-state index in [2.05, 4.69) is 10.3 Å². The highest BCUT2D eigenvalue weighted by atomic mass is 19.3. The topological polar surface area (TPSA) is 121 Å². The van der Waals surface area contributed by atoms with Crippen molar-refractivity contribution in [1.29, 1.82) is 0 Å². The molecule has 3 aromatic rings. The summed E-state index contributed by atoms with van der Waals surface area (Å²) < 4.78 is 47.1. The van der Waals surface area contributed by atoms with Crippen LogP contribution in [0.3, 0.4) is 0 Å². The van der Waals surface area contributed by atoms with Gasteiger partial charge in [0.25, 0.3) is 6.43 Å². The molecule has 3 heterocycles. The van der Waals surface area contributed by atoms with Gasteiger partial charge in [-0.1, -0.05) is 12.1 Å². The largest absolute Gasteiger partial charge is 0.474 e. The molecule has 6 rings (SSSR count). The predicted octanol–water partition coefficient (Wildman–Crippen LogP) is 5.93. The molecule has 248 valence electrons. The number of benzene rings is 1. The Labute approximate surface area is 267 Å². The minimum Gasteiger partial charge on any atom is -0.474 e. The Morgan fingerprint density at radius 3 is 2.43 bits per heavy atom. The number of carbonyl (C=O) groups excluding carboxylic acids is 2. The second kappa shape index (κ2) is 13.1. The van der Waals surface area contributed by atoms with Crippen LogP contribution in [0, 0.1) is 5.92 Å². The van der Waals surface area contributed by atoms with E-state index in [0.29, 0.717) is 81.3 Å². The fourth-order valence-corrected chi connectivity index (χ4v) is 6.50. The molecule has 1 N–H and O–H groups in total. The highest BCUT2D eigenvalue weighted by Gasteiger charge is 2.46. The number of imidazole rings is 1. The van der Waals surface area contributed by atoms with Gasteiger partial charge in [0.1, 0.15) is 23.1 Å². The number of aromatic nitrogens is 4. The minimum absolute atomic E-state index is 0.0620. The maximum Gasteiger partial charge on any atom is 0.408 e. The van der Waals surface area contributed by atoms with Crippen molar-refractivity contribution >= 4 is 28.9 Å². The average Bonchev–Trinajstić information content (AvgIpc) is 3.40. The molecule has 3 fully saturated rings. The fourth-order valence-electron chi connectivity index (χ4n) is 6.50. The van der Waals surface area contributed by atoms with E-state index in [0.717, 1.165) is 19.3 Å². The van der Waals surface area contributed by atoms with Crippen molar-refractivity contribution in [1.82, 2.24) is 24.8 Å². The molecule has 3 aliphatic rings. The Bertz CT molecular complexity index is 1560. The van der Waals surface area contributed by atoms with Gasteiger partial charge in [0.05, 0.1) is 24.2 Å². The number of nitrogens with one attached hydrogen (secondary N) is 1. The third-order valence-electron chi connectivity index (χ3n) is 9.02. The smallest absolute Gasteiger partial charge is 0.408 e. The number of anilines is 1. The lowest BCUT2D eigenvalue weighted by atomic mass is 9.70. The second-order valence-corrected chi connectivity index (χ2v) is 13.5. The zero-order valence-corrected chi connectivity index (χ0v) is 26.6. The molecule has 0 radical (unpaired) electrons. The Balaban J connectivity index is 1.16. The number of nitrogens with zero attached hydrogens (tertiary/aromatic N) is 5. The van der Waals surface area contributed by atoms with Crippen LogP contribution >= 0.6 is 0 Å². The minimum atomic E-state index is -2.81. The quantitative estimate of drug-likeness (QED) is 0.303. The third-order valence-corrected chi connectivity index (χ3v) is 9.02. The average molecular weight is 641 g/mol. The molecule has 1 amide bonds. The summed E-state index contributed by atoms with van der Waals surface area (Å²) >= 11 is 0. The monoisotopic (exact) mass is 640 g/mol. The van der Waals surface area contributed by atoms with Gasteiger partial charge in [-0.3, -0.25) is 9.36 Å². The van der Waals surface area contributed by atoms with Gasteiger partial charge in [0.15, 0.2) is 11.6 Å². The van der Waals surface area contributed by atoms with Crippen LogP contribution in [0.5, 0.6) is 5.88 Å². The van der Waals surface area contributed by atoms with E-state index in [-0.39, 0.29) is 23.6 Å². The van der Waals surface area contributed by atoms with E-state index in [9.17, 15) is 18.4 Å². The number of amides is 1. The summed E-state index contributed by atoms with van der Waals surface area (Å²) in [4.78, 5) is 41.4. The molecular weight excluding hydrogens is 598 g/mol. The number of rotatable bonds is 9. The van der Waals surface area contributed by atoms with Gasteiger partial charge in [-0.05, 0) is 83.8 Å². The lowest BCUT2D eigenvalue weighted by Crippen LogP contribution is -2.60. The van der Waals surface area contributed by atoms with Crippen molar-refractivity contribution in [3.63, 3.8) is 0 Å². The summed E-state index contributed by atoms with van der Waals surface area (Å²) in [5.74, 6) is 0.802. The number of para-hydroxylation sites is 2. The molecule has 1 aliphatic heterocycles. The molecular formula is C33H42F2N6O5.